The summed E-state index contributed by atoms with van der Waals surface area (Å²) in [5.41, 5.74) is 4.45. The summed E-state index contributed by atoms with van der Waals surface area (Å²) in [6, 6.07) is 17.0. The van der Waals surface area contributed by atoms with Crippen molar-refractivity contribution in [3.05, 3.63) is 77.9 Å². The van der Waals surface area contributed by atoms with E-state index in [1.807, 2.05) is 61.5 Å². The van der Waals surface area contributed by atoms with E-state index >= 15 is 0 Å². The van der Waals surface area contributed by atoms with Crippen LogP contribution in [0, 0.1) is 0 Å². The van der Waals surface area contributed by atoms with Crippen molar-refractivity contribution < 1.29 is 14.3 Å². The Balaban J connectivity index is 1.35. The number of nitrogens with one attached hydrogen (secondary N) is 1. The number of methoxy groups -OCH3 is 1. The molecule has 3 heterocycles. The third-order valence-corrected chi connectivity index (χ3v) is 5.61. The standard InChI is InChI=1S/C24H23N5O3/c1-15(26-24(30)22-19-6-4-3-5-16(19)11-12-32-22)23-27-21-13-20(25-14-29(21)28-23)17-7-9-18(31-2)10-8-17/h3-10,13-15,22H,11-12H2,1-2H3,(H,26,30)/t15-,22-/m1/s1. The van der Waals surface area contributed by atoms with Gasteiger partial charge < -0.3 is 14.8 Å². The van der Waals surface area contributed by atoms with Crippen LogP contribution in [-0.4, -0.2) is 39.2 Å². The van der Waals surface area contributed by atoms with E-state index in [4.69, 9.17) is 9.47 Å². The van der Waals surface area contributed by atoms with E-state index in [0.29, 0.717) is 18.1 Å². The van der Waals surface area contributed by atoms with Gasteiger partial charge in [0.25, 0.3) is 5.91 Å². The number of hydrogen-bond acceptors (Lipinski definition) is 6. The van der Waals surface area contributed by atoms with Crippen LogP contribution in [0.25, 0.3) is 16.9 Å². The number of carbonyl (C=O) groups excluding carboxylic acids is 1. The highest BCUT2D eigenvalue weighted by molar-refractivity contribution is 5.83. The maximum absolute atomic E-state index is 12.9. The molecule has 0 saturated heterocycles. The molecule has 2 aromatic heterocycles. The van der Waals surface area contributed by atoms with E-state index < -0.39 is 6.10 Å². The molecule has 8 nitrogen and oxygen atoms in total. The van der Waals surface area contributed by atoms with Gasteiger partial charge in [-0.05, 0) is 48.7 Å². The minimum absolute atomic E-state index is 0.194. The maximum atomic E-state index is 12.9. The molecule has 0 unspecified atom stereocenters. The number of amides is 1. The molecule has 0 bridgehead atoms. The first-order valence-electron chi connectivity index (χ1n) is 10.5. The minimum atomic E-state index is -0.622. The van der Waals surface area contributed by atoms with E-state index in [1.54, 1.807) is 18.0 Å². The second kappa shape index (κ2) is 8.39. The first kappa shape index (κ1) is 20.1. The van der Waals surface area contributed by atoms with Gasteiger partial charge in [-0.15, -0.1) is 5.10 Å². The highest BCUT2D eigenvalue weighted by Gasteiger charge is 2.29. The monoisotopic (exact) mass is 429 g/mol. The summed E-state index contributed by atoms with van der Waals surface area (Å²) in [5.74, 6) is 1.10. The molecule has 32 heavy (non-hydrogen) atoms. The Labute approximate surface area is 185 Å². The van der Waals surface area contributed by atoms with Crippen molar-refractivity contribution in [1.29, 1.82) is 0 Å². The molecule has 1 aliphatic rings. The van der Waals surface area contributed by atoms with Gasteiger partial charge in [0.2, 0.25) is 0 Å². The van der Waals surface area contributed by atoms with Gasteiger partial charge in [-0.25, -0.2) is 14.5 Å². The summed E-state index contributed by atoms with van der Waals surface area (Å²) in [7, 11) is 1.64. The van der Waals surface area contributed by atoms with Crippen molar-refractivity contribution in [1.82, 2.24) is 24.9 Å². The van der Waals surface area contributed by atoms with Crippen molar-refractivity contribution in [2.75, 3.05) is 13.7 Å². The summed E-state index contributed by atoms with van der Waals surface area (Å²) in [6.07, 6.45) is 1.82. The predicted molar refractivity (Wildman–Crippen MR) is 118 cm³/mol. The Morgan fingerprint density at radius 2 is 2.03 bits per heavy atom. The normalized spacial score (nSPS) is 16.4. The average Bonchev–Trinajstić information content (AvgIpc) is 3.27. The summed E-state index contributed by atoms with van der Waals surface area (Å²) >= 11 is 0. The lowest BCUT2D eigenvalue weighted by molar-refractivity contribution is -0.134. The number of carbonyl (C=O) groups is 1. The SMILES string of the molecule is COc1ccc(-c2cc3nc([C@@H](C)NC(=O)[C@@H]4OCCc5ccccc54)nn3cn2)cc1. The first-order valence-corrected chi connectivity index (χ1v) is 10.5. The number of hydrogen-bond donors (Lipinski definition) is 1. The van der Waals surface area contributed by atoms with E-state index in [-0.39, 0.29) is 11.9 Å². The molecule has 0 radical (unpaired) electrons. The lowest BCUT2D eigenvalue weighted by Gasteiger charge is -2.26. The average molecular weight is 429 g/mol. The zero-order valence-electron chi connectivity index (χ0n) is 17.9. The van der Waals surface area contributed by atoms with Crippen molar-refractivity contribution in [3.8, 4) is 17.0 Å². The Morgan fingerprint density at radius 1 is 1.22 bits per heavy atom. The fourth-order valence-electron chi connectivity index (χ4n) is 3.88. The summed E-state index contributed by atoms with van der Waals surface area (Å²) < 4.78 is 12.6. The largest absolute Gasteiger partial charge is 0.497 e. The van der Waals surface area contributed by atoms with Crippen LogP contribution in [0.15, 0.2) is 60.9 Å². The molecular formula is C24H23N5O3. The van der Waals surface area contributed by atoms with Crippen molar-refractivity contribution in [2.45, 2.75) is 25.5 Å². The Kier molecular flexibility index (Phi) is 5.28. The van der Waals surface area contributed by atoms with Crippen LogP contribution in [0.5, 0.6) is 5.75 Å². The Morgan fingerprint density at radius 3 is 2.84 bits per heavy atom. The molecule has 1 N–H and O–H groups in total. The fraction of sp³-hybridized carbons (Fsp3) is 0.250. The van der Waals surface area contributed by atoms with E-state index in [1.165, 1.54) is 0 Å². The lowest BCUT2D eigenvalue weighted by atomic mass is 9.97. The number of nitrogens with zero attached hydrogens (tertiary/aromatic N) is 4. The smallest absolute Gasteiger partial charge is 0.254 e. The number of rotatable bonds is 5. The molecule has 5 rings (SSSR count). The van der Waals surface area contributed by atoms with E-state index in [2.05, 4.69) is 20.4 Å². The van der Waals surface area contributed by atoms with Gasteiger partial charge in [0, 0.05) is 11.6 Å². The molecule has 2 aromatic carbocycles. The van der Waals surface area contributed by atoms with E-state index in [0.717, 1.165) is 34.6 Å². The summed E-state index contributed by atoms with van der Waals surface area (Å²) in [6.45, 7) is 2.38. The van der Waals surface area contributed by atoms with Gasteiger partial charge in [0.15, 0.2) is 17.6 Å². The predicted octanol–water partition coefficient (Wildman–Crippen LogP) is 3.29. The van der Waals surface area contributed by atoms with Gasteiger partial charge in [0.05, 0.1) is 25.5 Å². The van der Waals surface area contributed by atoms with Crippen LogP contribution in [0.1, 0.15) is 36.0 Å². The highest BCUT2D eigenvalue weighted by atomic mass is 16.5. The summed E-state index contributed by atoms with van der Waals surface area (Å²) in [4.78, 5) is 22.0. The molecule has 1 aliphatic heterocycles. The van der Waals surface area contributed by atoms with Gasteiger partial charge >= 0.3 is 0 Å². The zero-order valence-corrected chi connectivity index (χ0v) is 17.9. The number of aromatic nitrogens is 4. The molecule has 1 amide bonds. The highest BCUT2D eigenvalue weighted by Crippen LogP contribution is 2.28. The molecule has 2 atom stereocenters. The molecule has 162 valence electrons. The molecule has 0 fully saturated rings. The third-order valence-electron chi connectivity index (χ3n) is 5.61. The molecule has 8 heteroatoms. The number of benzene rings is 2. The van der Waals surface area contributed by atoms with Crippen LogP contribution in [-0.2, 0) is 16.0 Å². The van der Waals surface area contributed by atoms with Crippen molar-refractivity contribution in [3.63, 3.8) is 0 Å². The molecular weight excluding hydrogens is 406 g/mol. The number of fused-ring (bicyclic) bond motifs is 2. The minimum Gasteiger partial charge on any atom is -0.497 e. The quantitative estimate of drug-likeness (QED) is 0.524. The van der Waals surface area contributed by atoms with Gasteiger partial charge in [-0.1, -0.05) is 24.3 Å². The van der Waals surface area contributed by atoms with Gasteiger partial charge in [0.1, 0.15) is 12.1 Å². The zero-order chi connectivity index (χ0) is 22.1. The van der Waals surface area contributed by atoms with Crippen molar-refractivity contribution >= 4 is 11.6 Å². The first-order chi connectivity index (χ1) is 15.6. The second-order valence-electron chi connectivity index (χ2n) is 7.71. The Hall–Kier alpha value is -3.78. The van der Waals surface area contributed by atoms with Crippen LogP contribution in [0.2, 0.25) is 0 Å². The van der Waals surface area contributed by atoms with Gasteiger partial charge in [-0.2, -0.15) is 0 Å². The van der Waals surface area contributed by atoms with Crippen LogP contribution in [0.4, 0.5) is 0 Å². The number of ether oxygens (including phenoxy) is 2. The molecule has 0 aliphatic carbocycles. The molecule has 0 saturated carbocycles. The van der Waals surface area contributed by atoms with E-state index in [9.17, 15) is 4.79 Å². The van der Waals surface area contributed by atoms with Crippen LogP contribution >= 0.6 is 0 Å². The Bertz CT molecular complexity index is 1270. The molecule has 4 aromatic rings. The fourth-order valence-corrected chi connectivity index (χ4v) is 3.88. The van der Waals surface area contributed by atoms with Crippen LogP contribution < -0.4 is 10.1 Å². The van der Waals surface area contributed by atoms with Gasteiger partial charge in [-0.3, -0.25) is 4.79 Å². The molecule has 0 spiro atoms. The van der Waals surface area contributed by atoms with Crippen LogP contribution in [0.3, 0.4) is 0 Å². The lowest BCUT2D eigenvalue weighted by Crippen LogP contribution is -2.35. The maximum Gasteiger partial charge on any atom is 0.254 e. The van der Waals surface area contributed by atoms with Crippen molar-refractivity contribution in [2.24, 2.45) is 0 Å². The third kappa shape index (κ3) is 3.80. The topological polar surface area (TPSA) is 90.6 Å². The summed E-state index contributed by atoms with van der Waals surface area (Å²) in [5, 5.41) is 7.47. The second-order valence-corrected chi connectivity index (χ2v) is 7.71.